The molecule has 0 unspecified atom stereocenters. The Kier molecular flexibility index (Phi) is 5.42. The first-order valence-electron chi connectivity index (χ1n) is 3.43. The molecule has 0 aromatic heterocycles. The molecule has 0 bridgehead atoms. The zero-order valence-electron chi connectivity index (χ0n) is 6.76. The van der Waals surface area contributed by atoms with Gasteiger partial charge in [0.15, 0.2) is 0 Å². The number of carbonyl (C=O) groups is 1. The lowest BCUT2D eigenvalue weighted by molar-refractivity contribution is -0.132. The summed E-state index contributed by atoms with van der Waals surface area (Å²) >= 11 is 0. The Labute approximate surface area is 65.8 Å². The van der Waals surface area contributed by atoms with Crippen LogP contribution in [0.1, 0.15) is 13.8 Å². The first kappa shape index (κ1) is 10.1. The van der Waals surface area contributed by atoms with Crippen molar-refractivity contribution >= 4 is 5.97 Å². The summed E-state index contributed by atoms with van der Waals surface area (Å²) in [4.78, 5) is 15.0. The lowest BCUT2D eigenvalue weighted by atomic mass is 10.3. The number of hydrogen-bond donors (Lipinski definition) is 2. The van der Waals surface area contributed by atoms with E-state index in [9.17, 15) is 4.79 Å². The van der Waals surface area contributed by atoms with Gasteiger partial charge >= 0.3 is 5.97 Å². The van der Waals surface area contributed by atoms with Gasteiger partial charge in [0.1, 0.15) is 0 Å². The Morgan fingerprint density at radius 1 is 1.73 bits per heavy atom. The van der Waals surface area contributed by atoms with Gasteiger partial charge < -0.3 is 9.94 Å². The van der Waals surface area contributed by atoms with Crippen LogP contribution in [0.25, 0.3) is 0 Å². The number of hydroxylamine groups is 1. The van der Waals surface area contributed by atoms with Crippen molar-refractivity contribution in [1.82, 2.24) is 5.48 Å². The second-order valence-corrected chi connectivity index (χ2v) is 1.97. The molecule has 4 nitrogen and oxygen atoms in total. The molecule has 0 spiro atoms. The molecule has 0 aliphatic heterocycles. The topological polar surface area (TPSA) is 58.6 Å². The average molecular weight is 159 g/mol. The van der Waals surface area contributed by atoms with E-state index in [2.05, 4.69) is 5.48 Å². The molecule has 0 radical (unpaired) electrons. The molecule has 11 heavy (non-hydrogen) atoms. The maximum absolute atomic E-state index is 10.2. The minimum atomic E-state index is -0.900. The summed E-state index contributed by atoms with van der Waals surface area (Å²) in [6.07, 6.45) is 1.55. The van der Waals surface area contributed by atoms with Gasteiger partial charge in [-0.15, -0.1) is 0 Å². The van der Waals surface area contributed by atoms with Gasteiger partial charge in [0, 0.05) is 12.1 Å². The van der Waals surface area contributed by atoms with Crippen LogP contribution < -0.4 is 5.48 Å². The fourth-order valence-electron chi connectivity index (χ4n) is 0.443. The Hall–Kier alpha value is -0.870. The summed E-state index contributed by atoms with van der Waals surface area (Å²) in [6, 6.07) is 0. The van der Waals surface area contributed by atoms with Crippen LogP contribution in [0.15, 0.2) is 11.6 Å². The van der Waals surface area contributed by atoms with Gasteiger partial charge in [0.2, 0.25) is 0 Å². The monoisotopic (exact) mass is 159 g/mol. The van der Waals surface area contributed by atoms with E-state index < -0.39 is 5.97 Å². The van der Waals surface area contributed by atoms with E-state index >= 15 is 0 Å². The minimum Gasteiger partial charge on any atom is -0.478 e. The molecule has 0 amide bonds. The van der Waals surface area contributed by atoms with Crippen molar-refractivity contribution in [2.75, 3.05) is 13.2 Å². The van der Waals surface area contributed by atoms with Gasteiger partial charge in [0.05, 0.1) is 6.61 Å². The Bertz CT molecular complexity index is 154. The Morgan fingerprint density at radius 2 is 2.36 bits per heavy atom. The van der Waals surface area contributed by atoms with Gasteiger partial charge in [-0.3, -0.25) is 0 Å². The Balaban J connectivity index is 3.48. The van der Waals surface area contributed by atoms with Crippen molar-refractivity contribution in [3.63, 3.8) is 0 Å². The van der Waals surface area contributed by atoms with Crippen molar-refractivity contribution in [2.24, 2.45) is 0 Å². The van der Waals surface area contributed by atoms with E-state index in [0.29, 0.717) is 18.7 Å². The maximum Gasteiger partial charge on any atom is 0.330 e. The molecule has 0 saturated carbocycles. The molecule has 0 heterocycles. The fourth-order valence-corrected chi connectivity index (χ4v) is 0.443. The lowest BCUT2D eigenvalue weighted by Gasteiger charge is -1.98. The molecule has 64 valence electrons. The van der Waals surface area contributed by atoms with E-state index in [-0.39, 0.29) is 0 Å². The molecule has 0 saturated heterocycles. The zero-order valence-corrected chi connectivity index (χ0v) is 6.76. The van der Waals surface area contributed by atoms with E-state index in [0.717, 1.165) is 0 Å². The molecule has 0 aliphatic rings. The number of rotatable bonds is 5. The molecule has 0 aliphatic carbocycles. The Morgan fingerprint density at radius 3 is 2.82 bits per heavy atom. The molecular formula is C7H13NO3. The van der Waals surface area contributed by atoms with Crippen molar-refractivity contribution in [3.05, 3.63) is 11.6 Å². The molecule has 2 N–H and O–H groups in total. The highest BCUT2D eigenvalue weighted by Gasteiger charge is 1.96. The summed E-state index contributed by atoms with van der Waals surface area (Å²) in [5.41, 5.74) is 2.90. The van der Waals surface area contributed by atoms with Crippen molar-refractivity contribution in [1.29, 1.82) is 0 Å². The molecule has 0 aromatic carbocycles. The lowest BCUT2D eigenvalue weighted by Crippen LogP contribution is -2.14. The van der Waals surface area contributed by atoms with Gasteiger partial charge in [-0.25, -0.2) is 4.79 Å². The van der Waals surface area contributed by atoms with Crippen LogP contribution in [0.5, 0.6) is 0 Å². The van der Waals surface area contributed by atoms with Gasteiger partial charge in [-0.1, -0.05) is 6.08 Å². The summed E-state index contributed by atoms with van der Waals surface area (Å²) in [5, 5.41) is 8.40. The van der Waals surface area contributed by atoms with E-state index in [1.807, 2.05) is 6.92 Å². The first-order chi connectivity index (χ1) is 5.18. The predicted molar refractivity (Wildman–Crippen MR) is 41.0 cm³/mol. The normalized spacial score (nSPS) is 11.6. The quantitative estimate of drug-likeness (QED) is 0.349. The third-order valence-electron chi connectivity index (χ3n) is 1.08. The highest BCUT2D eigenvalue weighted by Crippen LogP contribution is 1.89. The number of carboxylic acid groups (broad SMARTS) is 1. The van der Waals surface area contributed by atoms with Crippen LogP contribution in [0, 0.1) is 0 Å². The SMILES string of the molecule is CCONC/C=C(/C)C(=O)O. The van der Waals surface area contributed by atoms with Crippen LogP contribution >= 0.6 is 0 Å². The molecular weight excluding hydrogens is 146 g/mol. The van der Waals surface area contributed by atoms with Gasteiger partial charge in [0.25, 0.3) is 0 Å². The fraction of sp³-hybridized carbons (Fsp3) is 0.571. The second-order valence-electron chi connectivity index (χ2n) is 1.97. The van der Waals surface area contributed by atoms with Crippen LogP contribution in [-0.4, -0.2) is 24.2 Å². The molecule has 0 fully saturated rings. The molecule has 4 heteroatoms. The van der Waals surface area contributed by atoms with Gasteiger partial charge in [-0.05, 0) is 13.8 Å². The maximum atomic E-state index is 10.2. The minimum absolute atomic E-state index is 0.317. The predicted octanol–water partition coefficient (Wildman–Crippen LogP) is 0.558. The summed E-state index contributed by atoms with van der Waals surface area (Å²) < 4.78 is 0. The highest BCUT2D eigenvalue weighted by atomic mass is 16.6. The summed E-state index contributed by atoms with van der Waals surface area (Å²) in [7, 11) is 0. The standard InChI is InChI=1S/C7H13NO3/c1-3-11-8-5-4-6(2)7(9)10/h4,8H,3,5H2,1-2H3,(H,9,10)/b6-4-. The summed E-state index contributed by atoms with van der Waals surface area (Å²) in [6.45, 7) is 4.38. The smallest absolute Gasteiger partial charge is 0.330 e. The van der Waals surface area contributed by atoms with Crippen molar-refractivity contribution < 1.29 is 14.7 Å². The van der Waals surface area contributed by atoms with Crippen LogP contribution in [0.4, 0.5) is 0 Å². The third-order valence-corrected chi connectivity index (χ3v) is 1.08. The van der Waals surface area contributed by atoms with Gasteiger partial charge in [-0.2, -0.15) is 5.48 Å². The van der Waals surface area contributed by atoms with E-state index in [1.165, 1.54) is 6.92 Å². The third kappa shape index (κ3) is 5.57. The first-order valence-corrected chi connectivity index (χ1v) is 3.43. The zero-order chi connectivity index (χ0) is 8.69. The van der Waals surface area contributed by atoms with Crippen molar-refractivity contribution in [3.8, 4) is 0 Å². The van der Waals surface area contributed by atoms with Crippen LogP contribution in [0.2, 0.25) is 0 Å². The van der Waals surface area contributed by atoms with Crippen LogP contribution in [0.3, 0.4) is 0 Å². The van der Waals surface area contributed by atoms with Crippen LogP contribution in [-0.2, 0) is 9.63 Å². The molecule has 0 aromatic rings. The molecule has 0 atom stereocenters. The largest absolute Gasteiger partial charge is 0.478 e. The van der Waals surface area contributed by atoms with Crippen molar-refractivity contribution in [2.45, 2.75) is 13.8 Å². The second kappa shape index (κ2) is 5.88. The summed E-state index contributed by atoms with van der Waals surface area (Å²) in [5.74, 6) is -0.900. The van der Waals surface area contributed by atoms with E-state index in [4.69, 9.17) is 9.94 Å². The van der Waals surface area contributed by atoms with E-state index in [1.54, 1.807) is 6.08 Å². The number of carboxylic acids is 1. The number of aliphatic carboxylic acids is 1. The number of nitrogens with one attached hydrogen (secondary N) is 1. The average Bonchev–Trinajstić information content (AvgIpc) is 1.97. The molecule has 0 rings (SSSR count). The highest BCUT2D eigenvalue weighted by molar-refractivity contribution is 5.85. The number of hydrogen-bond acceptors (Lipinski definition) is 3.